The topological polar surface area (TPSA) is 52.6 Å². The highest BCUT2D eigenvalue weighted by Crippen LogP contribution is 2.36. The molecule has 0 unspecified atom stereocenters. The maximum atomic E-state index is 13.2. The van der Waals surface area contributed by atoms with Crippen molar-refractivity contribution in [2.45, 2.75) is 65.9 Å². The van der Waals surface area contributed by atoms with Crippen molar-refractivity contribution in [1.29, 1.82) is 0 Å². The van der Waals surface area contributed by atoms with Crippen molar-refractivity contribution < 1.29 is 27.8 Å². The van der Waals surface area contributed by atoms with Crippen LogP contribution < -0.4 is 9.47 Å². The van der Waals surface area contributed by atoms with Crippen LogP contribution in [0.1, 0.15) is 64.7 Å². The third-order valence-electron chi connectivity index (χ3n) is 7.10. The average Bonchev–Trinajstić information content (AvgIpc) is 2.95. The van der Waals surface area contributed by atoms with Gasteiger partial charge in [-0.25, -0.2) is 0 Å². The highest BCUT2D eigenvalue weighted by Gasteiger charge is 2.23. The van der Waals surface area contributed by atoms with Crippen LogP contribution in [0.2, 0.25) is 0 Å². The minimum atomic E-state index is -3.27. The van der Waals surface area contributed by atoms with Crippen LogP contribution in [0.4, 0.5) is 8.78 Å². The Hall–Kier alpha value is -4.58. The molecule has 0 saturated heterocycles. The first-order valence-corrected chi connectivity index (χ1v) is 14.6. The summed E-state index contributed by atoms with van der Waals surface area (Å²) >= 11 is 0. The zero-order valence-corrected chi connectivity index (χ0v) is 26.0. The molecule has 0 fully saturated rings. The van der Waals surface area contributed by atoms with Crippen LogP contribution >= 0.6 is 0 Å². The molecule has 228 valence electrons. The second kappa shape index (κ2) is 13.4. The molecule has 4 rings (SSSR count). The molecular formula is C38H38F2O4. The van der Waals surface area contributed by atoms with Gasteiger partial charge in [0, 0.05) is 18.9 Å². The average molecular weight is 597 g/mol. The van der Waals surface area contributed by atoms with Crippen molar-refractivity contribution in [3.8, 4) is 39.5 Å². The lowest BCUT2D eigenvalue weighted by Crippen LogP contribution is -2.18. The molecule has 0 bridgehead atoms. The Bertz CT molecular complexity index is 1660. The molecule has 0 N–H and O–H groups in total. The maximum absolute atomic E-state index is 13.2. The van der Waals surface area contributed by atoms with Crippen LogP contribution in [0.15, 0.2) is 91.0 Å². The second-order valence-corrected chi connectivity index (χ2v) is 12.1. The molecule has 0 saturated carbocycles. The number of hydrogen-bond donors (Lipinski definition) is 0. The van der Waals surface area contributed by atoms with Crippen molar-refractivity contribution in [3.63, 3.8) is 0 Å². The Morgan fingerprint density at radius 1 is 0.727 bits per heavy atom. The Kier molecular flexibility index (Phi) is 9.83. The summed E-state index contributed by atoms with van der Waals surface area (Å²) in [5, 5.41) is 0. The summed E-state index contributed by atoms with van der Waals surface area (Å²) < 4.78 is 37.6. The maximum Gasteiger partial charge on any atom is 0.394 e. The van der Waals surface area contributed by atoms with Crippen LogP contribution in [-0.4, -0.2) is 17.7 Å². The lowest BCUT2D eigenvalue weighted by molar-refractivity contribution is -0.159. The van der Waals surface area contributed by atoms with E-state index in [1.807, 2.05) is 30.3 Å². The van der Waals surface area contributed by atoms with E-state index in [0.717, 1.165) is 27.8 Å². The molecule has 0 spiro atoms. The molecule has 0 aliphatic carbocycles. The van der Waals surface area contributed by atoms with E-state index in [2.05, 4.69) is 55.8 Å². The number of rotatable bonds is 11. The first-order chi connectivity index (χ1) is 20.7. The molecule has 0 aromatic heterocycles. The van der Waals surface area contributed by atoms with E-state index in [1.54, 1.807) is 25.1 Å². The molecule has 0 atom stereocenters. The second-order valence-electron chi connectivity index (χ2n) is 12.1. The molecule has 0 amide bonds. The SMILES string of the molecule is CC(=O)/C=C/c1cc(-c2ccc(OC(C)(F)F)cc2)ccc1Oc1ccc(-c2ccc(C(C)(C)C)cc2)cc1CCC(C)=O. The predicted octanol–water partition coefficient (Wildman–Crippen LogP) is 10.2. The number of ketones is 2. The van der Waals surface area contributed by atoms with Gasteiger partial charge in [0.2, 0.25) is 0 Å². The normalized spacial score (nSPS) is 11.9. The molecule has 0 aliphatic rings. The number of alkyl halides is 2. The van der Waals surface area contributed by atoms with Crippen LogP contribution in [0.25, 0.3) is 28.3 Å². The standard InChI is InChI=1S/C38H38F2O4/c1-25(41)7-9-31-23-29(27-11-17-33(18-12-27)37(3,4)5)15-21-35(31)43-36-22-16-30(24-32(36)10-8-26(2)42)28-13-19-34(20-14-28)44-38(6,39)40/h8,10-24H,7,9H2,1-6H3/b10-8+. The van der Waals surface area contributed by atoms with Crippen molar-refractivity contribution in [1.82, 2.24) is 0 Å². The summed E-state index contributed by atoms with van der Waals surface area (Å²) in [4.78, 5) is 23.7. The smallest absolute Gasteiger partial charge is 0.394 e. The minimum Gasteiger partial charge on any atom is -0.456 e. The van der Waals surface area contributed by atoms with Gasteiger partial charge in [-0.2, -0.15) is 8.78 Å². The number of Topliss-reactive ketones (excluding diaryl/α,β-unsaturated/α-hetero) is 1. The summed E-state index contributed by atoms with van der Waals surface area (Å²) in [6.07, 6.45) is 0.774. The zero-order chi connectivity index (χ0) is 32.1. The van der Waals surface area contributed by atoms with Crippen molar-refractivity contribution in [2.24, 2.45) is 0 Å². The molecule has 4 aromatic carbocycles. The summed E-state index contributed by atoms with van der Waals surface area (Å²) in [5.41, 5.74) is 6.55. The lowest BCUT2D eigenvalue weighted by Gasteiger charge is -2.19. The molecule has 4 nitrogen and oxygen atoms in total. The van der Waals surface area contributed by atoms with Crippen molar-refractivity contribution in [2.75, 3.05) is 0 Å². The lowest BCUT2D eigenvalue weighted by atomic mass is 9.86. The first-order valence-electron chi connectivity index (χ1n) is 14.6. The van der Waals surface area contributed by atoms with Gasteiger partial charge in [-0.05, 0) is 108 Å². The predicted molar refractivity (Wildman–Crippen MR) is 172 cm³/mol. The van der Waals surface area contributed by atoms with E-state index in [9.17, 15) is 18.4 Å². The number of hydrogen-bond acceptors (Lipinski definition) is 4. The number of allylic oxidation sites excluding steroid dienone is 1. The van der Waals surface area contributed by atoms with E-state index >= 15 is 0 Å². The van der Waals surface area contributed by atoms with E-state index in [-0.39, 0.29) is 22.7 Å². The van der Waals surface area contributed by atoms with Gasteiger partial charge in [-0.3, -0.25) is 4.79 Å². The molecule has 0 aliphatic heterocycles. The quantitative estimate of drug-likeness (QED) is 0.162. The van der Waals surface area contributed by atoms with Crippen molar-refractivity contribution in [3.05, 3.63) is 108 Å². The fourth-order valence-electron chi connectivity index (χ4n) is 4.73. The molecule has 4 aromatic rings. The molecular weight excluding hydrogens is 558 g/mol. The summed E-state index contributed by atoms with van der Waals surface area (Å²) in [7, 11) is 0. The third-order valence-corrected chi connectivity index (χ3v) is 7.10. The Balaban J connectivity index is 1.69. The van der Waals surface area contributed by atoms with Gasteiger partial charge in [0.05, 0.1) is 0 Å². The van der Waals surface area contributed by atoms with E-state index < -0.39 is 6.11 Å². The fraction of sp³-hybridized carbons (Fsp3) is 0.263. The van der Waals surface area contributed by atoms with Gasteiger partial charge in [0.15, 0.2) is 5.78 Å². The van der Waals surface area contributed by atoms with Gasteiger partial charge in [-0.1, -0.05) is 69.3 Å². The highest BCUT2D eigenvalue weighted by molar-refractivity contribution is 5.92. The third kappa shape index (κ3) is 8.96. The summed E-state index contributed by atoms with van der Waals surface area (Å²) in [5.74, 6) is 1.18. The highest BCUT2D eigenvalue weighted by atomic mass is 19.3. The number of carbonyl (C=O) groups excluding carboxylic acids is 2. The van der Waals surface area contributed by atoms with E-state index in [0.29, 0.717) is 36.8 Å². The van der Waals surface area contributed by atoms with Gasteiger partial charge >= 0.3 is 6.11 Å². The fourth-order valence-corrected chi connectivity index (χ4v) is 4.73. The zero-order valence-electron chi connectivity index (χ0n) is 26.0. The number of halogens is 2. The van der Waals surface area contributed by atoms with Crippen LogP contribution in [0.3, 0.4) is 0 Å². The monoisotopic (exact) mass is 596 g/mol. The molecule has 0 heterocycles. The van der Waals surface area contributed by atoms with Gasteiger partial charge < -0.3 is 14.3 Å². The van der Waals surface area contributed by atoms with E-state index in [4.69, 9.17) is 4.74 Å². The number of carbonyl (C=O) groups is 2. The van der Waals surface area contributed by atoms with Gasteiger partial charge in [-0.15, -0.1) is 0 Å². The van der Waals surface area contributed by atoms with Crippen LogP contribution in [-0.2, 0) is 21.4 Å². The number of aryl methyl sites for hydroxylation is 1. The minimum absolute atomic E-state index is 0.0532. The van der Waals surface area contributed by atoms with E-state index in [1.165, 1.54) is 30.7 Å². The molecule has 6 heteroatoms. The Morgan fingerprint density at radius 3 is 1.82 bits per heavy atom. The molecule has 0 radical (unpaired) electrons. The van der Waals surface area contributed by atoms with Crippen LogP contribution in [0, 0.1) is 0 Å². The first kappa shape index (κ1) is 32.3. The summed E-state index contributed by atoms with van der Waals surface area (Å²) in [6, 6.07) is 26.4. The Morgan fingerprint density at radius 2 is 1.27 bits per heavy atom. The molecule has 44 heavy (non-hydrogen) atoms. The number of benzene rings is 4. The number of ether oxygens (including phenoxy) is 2. The van der Waals surface area contributed by atoms with Gasteiger partial charge in [0.1, 0.15) is 23.0 Å². The van der Waals surface area contributed by atoms with Crippen LogP contribution in [0.5, 0.6) is 17.2 Å². The van der Waals surface area contributed by atoms with Crippen molar-refractivity contribution >= 4 is 17.6 Å². The largest absolute Gasteiger partial charge is 0.456 e. The Labute approximate surface area is 258 Å². The summed E-state index contributed by atoms with van der Waals surface area (Å²) in [6.45, 7) is 10.3. The van der Waals surface area contributed by atoms with Gasteiger partial charge in [0.25, 0.3) is 0 Å².